The molecule has 0 aromatic heterocycles. The fraction of sp³-hybridized carbons (Fsp3) is 0.500. The summed E-state index contributed by atoms with van der Waals surface area (Å²) in [6.45, 7) is 8.36. The maximum absolute atomic E-state index is 12.3. The van der Waals surface area contributed by atoms with E-state index in [0.29, 0.717) is 6.54 Å². The van der Waals surface area contributed by atoms with Crippen LogP contribution >= 0.6 is 0 Å². The van der Waals surface area contributed by atoms with Gasteiger partial charge < -0.3 is 15.5 Å². The topological polar surface area (TPSA) is 61.4 Å². The molecular weight excluding hydrogens is 266 g/mol. The van der Waals surface area contributed by atoms with Crippen molar-refractivity contribution in [2.45, 2.75) is 39.8 Å². The molecule has 5 heteroatoms. The van der Waals surface area contributed by atoms with Crippen molar-refractivity contribution in [3.63, 3.8) is 0 Å². The van der Waals surface area contributed by atoms with Gasteiger partial charge in [-0.3, -0.25) is 9.59 Å². The maximum Gasteiger partial charge on any atom is 0.244 e. The lowest BCUT2D eigenvalue weighted by atomic mass is 10.0. The number of para-hydroxylation sites is 1. The van der Waals surface area contributed by atoms with E-state index >= 15 is 0 Å². The van der Waals surface area contributed by atoms with Crippen molar-refractivity contribution in [1.82, 2.24) is 10.2 Å². The van der Waals surface area contributed by atoms with Gasteiger partial charge in [-0.1, -0.05) is 25.1 Å². The van der Waals surface area contributed by atoms with E-state index in [1.54, 1.807) is 11.9 Å². The Kier molecular flexibility index (Phi) is 5.90. The molecule has 1 aromatic rings. The lowest BCUT2D eigenvalue weighted by Gasteiger charge is -2.25. The summed E-state index contributed by atoms with van der Waals surface area (Å²) in [5.41, 5.74) is 1.01. The standard InChI is InChI=1S/C16H25N3O2/c1-6-17-16(3,4)15(21)18-14-10-8-7-9-13(14)11-19(5)12(2)20/h7-10,17H,6,11H2,1-5H3,(H,18,21). The quantitative estimate of drug-likeness (QED) is 0.842. The van der Waals surface area contributed by atoms with Crippen molar-refractivity contribution in [2.24, 2.45) is 0 Å². The van der Waals surface area contributed by atoms with Gasteiger partial charge in [0.05, 0.1) is 5.54 Å². The molecule has 0 heterocycles. The second-order valence-corrected chi connectivity index (χ2v) is 5.64. The highest BCUT2D eigenvalue weighted by Crippen LogP contribution is 2.18. The summed E-state index contributed by atoms with van der Waals surface area (Å²) >= 11 is 0. The molecule has 0 atom stereocenters. The minimum atomic E-state index is -0.645. The van der Waals surface area contributed by atoms with Crippen molar-refractivity contribution in [3.8, 4) is 0 Å². The predicted octanol–water partition coefficient (Wildman–Crippen LogP) is 1.99. The first-order valence-corrected chi connectivity index (χ1v) is 7.14. The Bertz CT molecular complexity index is 512. The third-order valence-electron chi connectivity index (χ3n) is 3.40. The number of nitrogens with one attached hydrogen (secondary N) is 2. The lowest BCUT2D eigenvalue weighted by molar-refractivity contribution is -0.128. The highest BCUT2D eigenvalue weighted by molar-refractivity contribution is 5.98. The Labute approximate surface area is 126 Å². The fourth-order valence-corrected chi connectivity index (χ4v) is 1.95. The first-order valence-electron chi connectivity index (χ1n) is 7.14. The molecule has 0 aliphatic heterocycles. The van der Waals surface area contributed by atoms with Gasteiger partial charge >= 0.3 is 0 Å². The molecule has 21 heavy (non-hydrogen) atoms. The van der Waals surface area contributed by atoms with Crippen LogP contribution < -0.4 is 10.6 Å². The molecule has 0 saturated heterocycles. The highest BCUT2D eigenvalue weighted by atomic mass is 16.2. The van der Waals surface area contributed by atoms with Crippen LogP contribution in [-0.2, 0) is 16.1 Å². The molecule has 116 valence electrons. The van der Waals surface area contributed by atoms with E-state index in [0.717, 1.165) is 17.8 Å². The van der Waals surface area contributed by atoms with Crippen LogP contribution in [0.25, 0.3) is 0 Å². The minimum absolute atomic E-state index is 0.0101. The number of rotatable bonds is 6. The van der Waals surface area contributed by atoms with Gasteiger partial charge in [0.25, 0.3) is 0 Å². The number of carbonyl (C=O) groups is 2. The highest BCUT2D eigenvalue weighted by Gasteiger charge is 2.26. The van der Waals surface area contributed by atoms with Gasteiger partial charge in [0, 0.05) is 26.2 Å². The van der Waals surface area contributed by atoms with Crippen LogP contribution in [0, 0.1) is 0 Å². The van der Waals surface area contributed by atoms with Gasteiger partial charge in [0.1, 0.15) is 0 Å². The lowest BCUT2D eigenvalue weighted by Crippen LogP contribution is -2.49. The van der Waals surface area contributed by atoms with Crippen LogP contribution in [0.3, 0.4) is 0 Å². The van der Waals surface area contributed by atoms with Crippen LogP contribution in [0.1, 0.15) is 33.3 Å². The summed E-state index contributed by atoms with van der Waals surface area (Å²) in [4.78, 5) is 25.3. The van der Waals surface area contributed by atoms with Gasteiger partial charge in [0.15, 0.2) is 0 Å². The number of nitrogens with zero attached hydrogens (tertiary/aromatic N) is 1. The predicted molar refractivity (Wildman–Crippen MR) is 85.0 cm³/mol. The van der Waals surface area contributed by atoms with Crippen LogP contribution in [0.5, 0.6) is 0 Å². The SMILES string of the molecule is CCNC(C)(C)C(=O)Nc1ccccc1CN(C)C(C)=O. The second-order valence-electron chi connectivity index (χ2n) is 5.64. The molecule has 0 aliphatic rings. The van der Waals surface area contributed by atoms with Crippen molar-refractivity contribution < 1.29 is 9.59 Å². The second kappa shape index (κ2) is 7.22. The molecule has 1 aromatic carbocycles. The zero-order valence-electron chi connectivity index (χ0n) is 13.5. The molecule has 1 rings (SSSR count). The number of hydrogen-bond acceptors (Lipinski definition) is 3. The number of benzene rings is 1. The van der Waals surface area contributed by atoms with Crippen molar-refractivity contribution in [3.05, 3.63) is 29.8 Å². The first-order chi connectivity index (χ1) is 9.77. The Hall–Kier alpha value is -1.88. The molecular formula is C16H25N3O2. The molecule has 0 unspecified atom stereocenters. The van der Waals surface area contributed by atoms with Gasteiger partial charge in [0.2, 0.25) is 11.8 Å². The smallest absolute Gasteiger partial charge is 0.244 e. The Morgan fingerprint density at radius 3 is 2.43 bits per heavy atom. The maximum atomic E-state index is 12.3. The van der Waals surface area contributed by atoms with E-state index in [1.807, 2.05) is 45.0 Å². The molecule has 0 radical (unpaired) electrons. The molecule has 2 amide bonds. The Balaban J connectivity index is 2.89. The summed E-state index contributed by atoms with van der Waals surface area (Å²) < 4.78 is 0. The van der Waals surface area contributed by atoms with Gasteiger partial charge in [-0.05, 0) is 32.0 Å². The van der Waals surface area contributed by atoms with Crippen LogP contribution in [0.2, 0.25) is 0 Å². The van der Waals surface area contributed by atoms with Crippen LogP contribution in [0.15, 0.2) is 24.3 Å². The summed E-state index contributed by atoms with van der Waals surface area (Å²) in [7, 11) is 1.74. The van der Waals surface area contributed by atoms with Gasteiger partial charge in [-0.25, -0.2) is 0 Å². The summed E-state index contributed by atoms with van der Waals surface area (Å²) in [5.74, 6) is -0.105. The molecule has 0 fully saturated rings. The van der Waals surface area contributed by atoms with Crippen LogP contribution in [-0.4, -0.2) is 35.8 Å². The van der Waals surface area contributed by atoms with Crippen molar-refractivity contribution in [2.75, 3.05) is 18.9 Å². The minimum Gasteiger partial charge on any atom is -0.342 e. The van der Waals surface area contributed by atoms with E-state index < -0.39 is 5.54 Å². The van der Waals surface area contributed by atoms with Crippen molar-refractivity contribution in [1.29, 1.82) is 0 Å². The normalized spacial score (nSPS) is 11.1. The number of likely N-dealkylation sites (N-methyl/N-ethyl adjacent to an activating group) is 1. The van der Waals surface area contributed by atoms with E-state index in [-0.39, 0.29) is 11.8 Å². The summed E-state index contributed by atoms with van der Waals surface area (Å²) in [6.07, 6.45) is 0. The molecule has 0 spiro atoms. The third kappa shape index (κ3) is 4.86. The van der Waals surface area contributed by atoms with E-state index in [9.17, 15) is 9.59 Å². The van der Waals surface area contributed by atoms with E-state index in [4.69, 9.17) is 0 Å². The van der Waals surface area contributed by atoms with Gasteiger partial charge in [-0.2, -0.15) is 0 Å². The van der Waals surface area contributed by atoms with Crippen LogP contribution in [0.4, 0.5) is 5.69 Å². The number of amides is 2. The monoisotopic (exact) mass is 291 g/mol. The van der Waals surface area contributed by atoms with E-state index in [2.05, 4.69) is 10.6 Å². The number of carbonyl (C=O) groups excluding carboxylic acids is 2. The largest absolute Gasteiger partial charge is 0.342 e. The number of hydrogen-bond donors (Lipinski definition) is 2. The van der Waals surface area contributed by atoms with E-state index in [1.165, 1.54) is 6.92 Å². The van der Waals surface area contributed by atoms with Crippen molar-refractivity contribution >= 4 is 17.5 Å². The Morgan fingerprint density at radius 1 is 1.24 bits per heavy atom. The summed E-state index contributed by atoms with van der Waals surface area (Å²) in [6, 6.07) is 7.53. The molecule has 5 nitrogen and oxygen atoms in total. The molecule has 0 bridgehead atoms. The summed E-state index contributed by atoms with van der Waals surface area (Å²) in [5, 5.41) is 6.08. The Morgan fingerprint density at radius 2 is 1.86 bits per heavy atom. The van der Waals surface area contributed by atoms with Gasteiger partial charge in [-0.15, -0.1) is 0 Å². The average Bonchev–Trinajstić information content (AvgIpc) is 2.40. The average molecular weight is 291 g/mol. The fourth-order valence-electron chi connectivity index (χ4n) is 1.95. The first kappa shape index (κ1) is 17.2. The third-order valence-corrected chi connectivity index (χ3v) is 3.40. The number of anilines is 1. The zero-order valence-corrected chi connectivity index (χ0v) is 13.5. The molecule has 0 saturated carbocycles. The molecule has 0 aliphatic carbocycles. The molecule has 2 N–H and O–H groups in total. The zero-order chi connectivity index (χ0) is 16.0.